The number of aryl methyl sites for hydroxylation is 2. The Morgan fingerprint density at radius 1 is 1.31 bits per heavy atom. The van der Waals surface area contributed by atoms with E-state index in [2.05, 4.69) is 6.07 Å². The molecule has 0 aromatic heterocycles. The van der Waals surface area contributed by atoms with Gasteiger partial charge in [0.15, 0.2) is 0 Å². The lowest BCUT2D eigenvalue weighted by Gasteiger charge is -2.08. The van der Waals surface area contributed by atoms with E-state index in [9.17, 15) is 0 Å². The van der Waals surface area contributed by atoms with Gasteiger partial charge in [0.05, 0.1) is 18.2 Å². The van der Waals surface area contributed by atoms with Crippen LogP contribution in [0.1, 0.15) is 23.6 Å². The summed E-state index contributed by atoms with van der Waals surface area (Å²) in [5.41, 5.74) is 2.71. The summed E-state index contributed by atoms with van der Waals surface area (Å²) in [5, 5.41) is 8.77. The van der Waals surface area contributed by atoms with Crippen LogP contribution in [0.3, 0.4) is 0 Å². The zero-order valence-electron chi connectivity index (χ0n) is 8.22. The van der Waals surface area contributed by atoms with Gasteiger partial charge in [-0.25, -0.2) is 0 Å². The maximum atomic E-state index is 8.77. The third kappa shape index (κ3) is 2.00. The second kappa shape index (κ2) is 3.95. The molecule has 13 heavy (non-hydrogen) atoms. The van der Waals surface area contributed by atoms with Crippen molar-refractivity contribution in [1.29, 1.82) is 5.26 Å². The van der Waals surface area contributed by atoms with Crippen molar-refractivity contribution in [2.45, 2.75) is 20.8 Å². The highest BCUT2D eigenvalue weighted by Crippen LogP contribution is 2.22. The van der Waals surface area contributed by atoms with Gasteiger partial charge in [0.25, 0.3) is 0 Å². The SMILES string of the molecule is CCOc1cc(C)c(C#N)cc1C. The summed E-state index contributed by atoms with van der Waals surface area (Å²) < 4.78 is 5.41. The van der Waals surface area contributed by atoms with Crippen LogP contribution in [0.4, 0.5) is 0 Å². The molecule has 0 unspecified atom stereocenters. The van der Waals surface area contributed by atoms with E-state index >= 15 is 0 Å². The minimum Gasteiger partial charge on any atom is -0.494 e. The van der Waals surface area contributed by atoms with Crippen molar-refractivity contribution in [3.63, 3.8) is 0 Å². The smallest absolute Gasteiger partial charge is 0.122 e. The molecule has 0 spiro atoms. The van der Waals surface area contributed by atoms with E-state index in [-0.39, 0.29) is 0 Å². The minimum atomic E-state index is 0.659. The molecular formula is C11H13NO. The van der Waals surface area contributed by atoms with Crippen molar-refractivity contribution in [3.8, 4) is 11.8 Å². The average Bonchev–Trinajstić information content (AvgIpc) is 2.11. The van der Waals surface area contributed by atoms with Crippen molar-refractivity contribution < 1.29 is 4.74 Å². The van der Waals surface area contributed by atoms with Crippen LogP contribution in [0.2, 0.25) is 0 Å². The monoisotopic (exact) mass is 175 g/mol. The van der Waals surface area contributed by atoms with Gasteiger partial charge in [-0.15, -0.1) is 0 Å². The average molecular weight is 175 g/mol. The van der Waals surface area contributed by atoms with Crippen LogP contribution in [-0.2, 0) is 0 Å². The molecule has 0 aliphatic rings. The standard InChI is InChI=1S/C11H13NO/c1-4-13-11-6-8(2)10(7-12)5-9(11)3/h5-6H,4H2,1-3H3. The molecule has 0 aliphatic heterocycles. The van der Waals surface area contributed by atoms with Gasteiger partial charge in [-0.1, -0.05) is 0 Å². The second-order valence-electron chi connectivity index (χ2n) is 2.98. The summed E-state index contributed by atoms with van der Waals surface area (Å²) in [4.78, 5) is 0. The van der Waals surface area contributed by atoms with Gasteiger partial charge in [-0.3, -0.25) is 0 Å². The normalized spacial score (nSPS) is 9.38. The molecule has 0 aliphatic carbocycles. The Hall–Kier alpha value is -1.49. The Bertz CT molecular complexity index is 350. The molecular weight excluding hydrogens is 162 g/mol. The van der Waals surface area contributed by atoms with E-state index in [0.29, 0.717) is 6.61 Å². The summed E-state index contributed by atoms with van der Waals surface area (Å²) in [7, 11) is 0. The maximum absolute atomic E-state index is 8.77. The molecule has 2 heteroatoms. The second-order valence-corrected chi connectivity index (χ2v) is 2.98. The van der Waals surface area contributed by atoms with E-state index in [1.54, 1.807) is 0 Å². The number of hydrogen-bond acceptors (Lipinski definition) is 2. The fourth-order valence-corrected chi connectivity index (χ4v) is 1.22. The number of ether oxygens (including phenoxy) is 1. The molecule has 0 bridgehead atoms. The molecule has 1 aromatic carbocycles. The van der Waals surface area contributed by atoms with Gasteiger partial charge < -0.3 is 4.74 Å². The lowest BCUT2D eigenvalue weighted by Crippen LogP contribution is -1.95. The first-order valence-electron chi connectivity index (χ1n) is 4.33. The van der Waals surface area contributed by atoms with Crippen molar-refractivity contribution in [1.82, 2.24) is 0 Å². The van der Waals surface area contributed by atoms with Gasteiger partial charge in [0, 0.05) is 0 Å². The molecule has 0 heterocycles. The van der Waals surface area contributed by atoms with E-state index in [0.717, 1.165) is 22.4 Å². The van der Waals surface area contributed by atoms with Crippen molar-refractivity contribution in [2.24, 2.45) is 0 Å². The zero-order valence-corrected chi connectivity index (χ0v) is 8.22. The van der Waals surface area contributed by atoms with Crippen LogP contribution in [0.15, 0.2) is 12.1 Å². The quantitative estimate of drug-likeness (QED) is 0.692. The minimum absolute atomic E-state index is 0.659. The van der Waals surface area contributed by atoms with Crippen LogP contribution in [0.25, 0.3) is 0 Å². The van der Waals surface area contributed by atoms with E-state index in [4.69, 9.17) is 10.00 Å². The Morgan fingerprint density at radius 2 is 2.00 bits per heavy atom. The largest absolute Gasteiger partial charge is 0.494 e. The van der Waals surface area contributed by atoms with E-state index in [1.807, 2.05) is 32.9 Å². The van der Waals surface area contributed by atoms with Crippen LogP contribution < -0.4 is 4.74 Å². The Morgan fingerprint density at radius 3 is 2.54 bits per heavy atom. The third-order valence-corrected chi connectivity index (χ3v) is 1.94. The molecule has 1 aromatic rings. The highest BCUT2D eigenvalue weighted by atomic mass is 16.5. The summed E-state index contributed by atoms with van der Waals surface area (Å²) >= 11 is 0. The molecule has 1 rings (SSSR count). The number of hydrogen-bond donors (Lipinski definition) is 0. The molecule has 0 saturated heterocycles. The first-order valence-corrected chi connectivity index (χ1v) is 4.33. The lowest BCUT2D eigenvalue weighted by molar-refractivity contribution is 0.337. The van der Waals surface area contributed by atoms with E-state index < -0.39 is 0 Å². The van der Waals surface area contributed by atoms with Crippen LogP contribution in [0, 0.1) is 25.2 Å². The highest BCUT2D eigenvalue weighted by Gasteiger charge is 2.03. The van der Waals surface area contributed by atoms with Gasteiger partial charge in [0.2, 0.25) is 0 Å². The highest BCUT2D eigenvalue weighted by molar-refractivity contribution is 5.46. The fraction of sp³-hybridized carbons (Fsp3) is 0.364. The molecule has 0 atom stereocenters. The maximum Gasteiger partial charge on any atom is 0.122 e. The lowest BCUT2D eigenvalue weighted by atomic mass is 10.1. The Labute approximate surface area is 78.8 Å². The van der Waals surface area contributed by atoms with Gasteiger partial charge >= 0.3 is 0 Å². The molecule has 0 radical (unpaired) electrons. The number of rotatable bonds is 2. The van der Waals surface area contributed by atoms with Crippen LogP contribution in [-0.4, -0.2) is 6.61 Å². The molecule has 2 nitrogen and oxygen atoms in total. The summed E-state index contributed by atoms with van der Waals surface area (Å²) in [6, 6.07) is 5.93. The molecule has 0 fully saturated rings. The van der Waals surface area contributed by atoms with Gasteiger partial charge in [-0.2, -0.15) is 5.26 Å². The first-order chi connectivity index (χ1) is 6.19. The zero-order chi connectivity index (χ0) is 9.84. The molecule has 0 N–H and O–H groups in total. The summed E-state index contributed by atoms with van der Waals surface area (Å²) in [5.74, 6) is 0.874. The molecule has 0 amide bonds. The third-order valence-electron chi connectivity index (χ3n) is 1.94. The van der Waals surface area contributed by atoms with Crippen molar-refractivity contribution in [3.05, 3.63) is 28.8 Å². The first kappa shape index (κ1) is 9.60. The van der Waals surface area contributed by atoms with Gasteiger partial charge in [0.1, 0.15) is 5.75 Å². The molecule has 0 saturated carbocycles. The van der Waals surface area contributed by atoms with E-state index in [1.165, 1.54) is 0 Å². The Kier molecular flexibility index (Phi) is 2.92. The summed E-state index contributed by atoms with van der Waals surface area (Å²) in [6.45, 7) is 6.48. The molecule has 68 valence electrons. The summed E-state index contributed by atoms with van der Waals surface area (Å²) in [6.07, 6.45) is 0. The predicted molar refractivity (Wildman–Crippen MR) is 51.8 cm³/mol. The topological polar surface area (TPSA) is 33.0 Å². The number of benzene rings is 1. The van der Waals surface area contributed by atoms with Crippen molar-refractivity contribution in [2.75, 3.05) is 6.61 Å². The van der Waals surface area contributed by atoms with Crippen LogP contribution in [0.5, 0.6) is 5.75 Å². The predicted octanol–water partition coefficient (Wildman–Crippen LogP) is 2.57. The van der Waals surface area contributed by atoms with Gasteiger partial charge in [-0.05, 0) is 44.0 Å². The fourth-order valence-electron chi connectivity index (χ4n) is 1.22. The van der Waals surface area contributed by atoms with Crippen LogP contribution >= 0.6 is 0 Å². The van der Waals surface area contributed by atoms with Crippen molar-refractivity contribution >= 4 is 0 Å². The number of nitriles is 1. The number of nitrogens with zero attached hydrogens (tertiary/aromatic N) is 1. The Balaban J connectivity index is 3.14.